The number of nitrogen functional groups attached to an aromatic ring is 1. The number of H-pyrrole nitrogens is 1. The monoisotopic (exact) mass is 408 g/mol. The van der Waals surface area contributed by atoms with E-state index in [4.69, 9.17) is 22.1 Å². The number of halogens is 1. The Bertz CT molecular complexity index is 952. The van der Waals surface area contributed by atoms with E-state index in [1.165, 1.54) is 15.5 Å². The van der Waals surface area contributed by atoms with Crippen LogP contribution in [0.1, 0.15) is 30.6 Å². The SMILES string of the molecule is COCCCN(C(=O)c1cccc(Cl)c1)c1c(N)n(CC(C)C)c(=O)[nH]c1=O. The van der Waals surface area contributed by atoms with Gasteiger partial charge in [-0.25, -0.2) is 4.79 Å². The number of aromatic nitrogens is 2. The Labute approximate surface area is 167 Å². The van der Waals surface area contributed by atoms with Gasteiger partial charge in [-0.3, -0.25) is 19.1 Å². The molecule has 0 aliphatic heterocycles. The molecular weight excluding hydrogens is 384 g/mol. The highest BCUT2D eigenvalue weighted by molar-refractivity contribution is 6.31. The standard InChI is InChI=1S/C19H25ClN4O4/c1-12(2)11-24-16(21)15(17(25)22-19(24)27)23(8-5-9-28-3)18(26)13-6-4-7-14(20)10-13/h4,6-7,10,12H,5,8-9,11,21H2,1-3H3,(H,22,25,27). The highest BCUT2D eigenvalue weighted by Gasteiger charge is 2.25. The minimum absolute atomic E-state index is 0.0461. The predicted molar refractivity (Wildman–Crippen MR) is 110 cm³/mol. The van der Waals surface area contributed by atoms with Crippen LogP contribution in [0.15, 0.2) is 33.9 Å². The summed E-state index contributed by atoms with van der Waals surface area (Å²) < 4.78 is 6.33. The molecule has 0 aliphatic rings. The summed E-state index contributed by atoms with van der Waals surface area (Å²) in [5.74, 6) is -0.370. The minimum atomic E-state index is -0.713. The van der Waals surface area contributed by atoms with Crippen molar-refractivity contribution in [2.24, 2.45) is 5.92 Å². The van der Waals surface area contributed by atoms with Crippen LogP contribution < -0.4 is 21.9 Å². The fraction of sp³-hybridized carbons (Fsp3) is 0.421. The van der Waals surface area contributed by atoms with Crippen molar-refractivity contribution < 1.29 is 9.53 Å². The van der Waals surface area contributed by atoms with Crippen LogP contribution in [0.3, 0.4) is 0 Å². The highest BCUT2D eigenvalue weighted by atomic mass is 35.5. The molecule has 0 aliphatic carbocycles. The maximum atomic E-state index is 13.1. The van der Waals surface area contributed by atoms with Gasteiger partial charge < -0.3 is 15.4 Å². The first kappa shape index (κ1) is 21.7. The summed E-state index contributed by atoms with van der Waals surface area (Å²) >= 11 is 6.00. The topological polar surface area (TPSA) is 110 Å². The number of nitrogens with one attached hydrogen (secondary N) is 1. The average molecular weight is 409 g/mol. The molecule has 0 saturated heterocycles. The lowest BCUT2D eigenvalue weighted by Gasteiger charge is -2.25. The van der Waals surface area contributed by atoms with Crippen molar-refractivity contribution in [2.75, 3.05) is 30.9 Å². The van der Waals surface area contributed by atoms with E-state index in [9.17, 15) is 14.4 Å². The van der Waals surface area contributed by atoms with Crippen LogP contribution in [0.4, 0.5) is 11.5 Å². The van der Waals surface area contributed by atoms with Crippen molar-refractivity contribution in [1.29, 1.82) is 0 Å². The first-order valence-electron chi connectivity index (χ1n) is 8.95. The molecule has 2 rings (SSSR count). The van der Waals surface area contributed by atoms with Gasteiger partial charge in [0.15, 0.2) is 5.69 Å². The number of carbonyl (C=O) groups excluding carboxylic acids is 1. The molecular formula is C19H25ClN4O4. The number of aromatic amines is 1. The van der Waals surface area contributed by atoms with Gasteiger partial charge in [-0.05, 0) is 30.5 Å². The fourth-order valence-electron chi connectivity index (χ4n) is 2.84. The summed E-state index contributed by atoms with van der Waals surface area (Å²) in [5, 5.41) is 0.398. The third-order valence-corrected chi connectivity index (χ3v) is 4.31. The molecule has 28 heavy (non-hydrogen) atoms. The maximum Gasteiger partial charge on any atom is 0.330 e. The van der Waals surface area contributed by atoms with Gasteiger partial charge in [-0.2, -0.15) is 0 Å². The van der Waals surface area contributed by atoms with E-state index < -0.39 is 17.2 Å². The second-order valence-corrected chi connectivity index (χ2v) is 7.25. The molecule has 0 radical (unpaired) electrons. The van der Waals surface area contributed by atoms with Crippen LogP contribution in [0.2, 0.25) is 5.02 Å². The van der Waals surface area contributed by atoms with Crippen LogP contribution in [0.25, 0.3) is 0 Å². The van der Waals surface area contributed by atoms with E-state index in [1.807, 2.05) is 13.8 Å². The molecule has 0 bridgehead atoms. The summed E-state index contributed by atoms with van der Waals surface area (Å²) in [6.45, 7) is 4.73. The molecule has 8 nitrogen and oxygen atoms in total. The molecule has 0 unspecified atom stereocenters. The summed E-state index contributed by atoms with van der Waals surface area (Å²) in [5.41, 5.74) is 5.11. The number of rotatable bonds is 8. The van der Waals surface area contributed by atoms with Gasteiger partial charge in [-0.15, -0.1) is 0 Å². The first-order valence-corrected chi connectivity index (χ1v) is 9.33. The zero-order valence-electron chi connectivity index (χ0n) is 16.2. The van der Waals surface area contributed by atoms with Gasteiger partial charge >= 0.3 is 5.69 Å². The maximum absolute atomic E-state index is 13.1. The Balaban J connectivity index is 2.58. The van der Waals surface area contributed by atoms with Gasteiger partial charge in [0.05, 0.1) is 0 Å². The van der Waals surface area contributed by atoms with Gasteiger partial charge in [-0.1, -0.05) is 31.5 Å². The Hall–Kier alpha value is -2.58. The number of nitrogens with zero attached hydrogens (tertiary/aromatic N) is 2. The molecule has 1 aromatic heterocycles. The van der Waals surface area contributed by atoms with Crippen molar-refractivity contribution in [3.8, 4) is 0 Å². The van der Waals surface area contributed by atoms with Crippen molar-refractivity contribution in [3.63, 3.8) is 0 Å². The molecule has 1 aromatic carbocycles. The third-order valence-electron chi connectivity index (χ3n) is 4.08. The predicted octanol–water partition coefficient (Wildman–Crippen LogP) is 2.11. The first-order chi connectivity index (χ1) is 13.3. The number of hydrogen-bond donors (Lipinski definition) is 2. The third kappa shape index (κ3) is 5.02. The van der Waals surface area contributed by atoms with Gasteiger partial charge in [0.25, 0.3) is 11.5 Å². The largest absolute Gasteiger partial charge is 0.385 e. The number of nitrogens with two attached hydrogens (primary N) is 1. The van der Waals surface area contributed by atoms with Crippen LogP contribution in [-0.4, -0.2) is 35.7 Å². The van der Waals surface area contributed by atoms with E-state index in [1.54, 1.807) is 25.3 Å². The van der Waals surface area contributed by atoms with Crippen molar-refractivity contribution >= 4 is 29.0 Å². The number of methoxy groups -OCH3 is 1. The van der Waals surface area contributed by atoms with Gasteiger partial charge in [0.1, 0.15) is 5.82 Å². The molecule has 152 valence electrons. The number of amides is 1. The quantitative estimate of drug-likeness (QED) is 0.650. The van der Waals surface area contributed by atoms with Gasteiger partial charge in [0, 0.05) is 37.4 Å². The Morgan fingerprint density at radius 1 is 1.36 bits per heavy atom. The van der Waals surface area contributed by atoms with E-state index in [0.717, 1.165) is 0 Å². The van der Waals surface area contributed by atoms with Crippen LogP contribution in [0.5, 0.6) is 0 Å². The Morgan fingerprint density at radius 2 is 2.07 bits per heavy atom. The summed E-state index contributed by atoms with van der Waals surface area (Å²) in [4.78, 5) is 41.5. The molecule has 1 amide bonds. The average Bonchev–Trinajstić information content (AvgIpc) is 2.63. The Kier molecular flexibility index (Phi) is 7.42. The van der Waals surface area contributed by atoms with E-state index in [-0.39, 0.29) is 24.0 Å². The normalized spacial score (nSPS) is 11.0. The highest BCUT2D eigenvalue weighted by Crippen LogP contribution is 2.21. The van der Waals surface area contributed by atoms with E-state index >= 15 is 0 Å². The molecule has 0 saturated carbocycles. The van der Waals surface area contributed by atoms with Crippen molar-refractivity contribution in [2.45, 2.75) is 26.8 Å². The molecule has 0 spiro atoms. The lowest BCUT2D eigenvalue weighted by molar-refractivity contribution is 0.0983. The zero-order chi connectivity index (χ0) is 20.8. The summed E-state index contributed by atoms with van der Waals surface area (Å²) in [6.07, 6.45) is 0.477. The van der Waals surface area contributed by atoms with Crippen LogP contribution >= 0.6 is 11.6 Å². The second-order valence-electron chi connectivity index (χ2n) is 6.81. The van der Waals surface area contributed by atoms with Crippen LogP contribution in [0, 0.1) is 5.92 Å². The second kappa shape index (κ2) is 9.57. The van der Waals surface area contributed by atoms with E-state index in [2.05, 4.69) is 4.98 Å². The zero-order valence-corrected chi connectivity index (χ0v) is 17.0. The molecule has 0 fully saturated rings. The molecule has 9 heteroatoms. The number of anilines is 2. The van der Waals surface area contributed by atoms with Crippen molar-refractivity contribution in [3.05, 3.63) is 55.7 Å². The summed E-state index contributed by atoms with van der Waals surface area (Å²) in [7, 11) is 1.55. The molecule has 2 aromatic rings. The lowest BCUT2D eigenvalue weighted by atomic mass is 10.1. The number of ether oxygens (including phenoxy) is 1. The molecule has 3 N–H and O–H groups in total. The number of benzene rings is 1. The number of carbonyl (C=O) groups is 1. The fourth-order valence-corrected chi connectivity index (χ4v) is 3.03. The van der Waals surface area contributed by atoms with Crippen LogP contribution in [-0.2, 0) is 11.3 Å². The Morgan fingerprint density at radius 3 is 2.68 bits per heavy atom. The summed E-state index contributed by atoms with van der Waals surface area (Å²) in [6, 6.07) is 6.42. The van der Waals surface area contributed by atoms with Crippen molar-refractivity contribution in [1.82, 2.24) is 9.55 Å². The smallest absolute Gasteiger partial charge is 0.330 e. The number of hydrogen-bond acceptors (Lipinski definition) is 5. The molecule has 0 atom stereocenters. The van der Waals surface area contributed by atoms with E-state index in [0.29, 0.717) is 30.2 Å². The minimum Gasteiger partial charge on any atom is -0.385 e. The molecule has 1 heterocycles. The lowest BCUT2D eigenvalue weighted by Crippen LogP contribution is -2.42. The van der Waals surface area contributed by atoms with Gasteiger partial charge in [0.2, 0.25) is 0 Å².